The molecule has 20 heavy (non-hydrogen) atoms. The second-order valence-electron chi connectivity index (χ2n) is 5.20. The van der Waals surface area contributed by atoms with Gasteiger partial charge in [-0.3, -0.25) is 4.79 Å². The highest BCUT2D eigenvalue weighted by atomic mass is 19.4. The Morgan fingerprint density at radius 2 is 1.75 bits per heavy atom. The van der Waals surface area contributed by atoms with Crippen LogP contribution in [0.3, 0.4) is 0 Å². The van der Waals surface area contributed by atoms with Gasteiger partial charge in [-0.05, 0) is 43.4 Å². The lowest BCUT2D eigenvalue weighted by atomic mass is 9.91. The highest BCUT2D eigenvalue weighted by molar-refractivity contribution is 5.89. The third kappa shape index (κ3) is 3.03. The van der Waals surface area contributed by atoms with Crippen molar-refractivity contribution in [2.24, 2.45) is 0 Å². The van der Waals surface area contributed by atoms with E-state index >= 15 is 0 Å². The van der Waals surface area contributed by atoms with Crippen LogP contribution in [0.4, 0.5) is 13.2 Å². The lowest BCUT2D eigenvalue weighted by molar-refractivity contribution is -0.139. The summed E-state index contributed by atoms with van der Waals surface area (Å²) in [4.78, 5) is 12.3. The normalized spacial score (nSPS) is 18.2. The molecule has 0 aromatic heterocycles. The molecule has 0 unspecified atom stereocenters. The minimum atomic E-state index is -4.35. The van der Waals surface area contributed by atoms with E-state index in [1.165, 1.54) is 19.2 Å². The molecule has 2 rings (SSSR count). The number of carbonyl (C=O) groups is 1. The zero-order valence-corrected chi connectivity index (χ0v) is 11.3. The Kier molecular flexibility index (Phi) is 4.18. The van der Waals surface area contributed by atoms with E-state index in [2.05, 4.69) is 0 Å². The summed E-state index contributed by atoms with van der Waals surface area (Å²) >= 11 is 0. The van der Waals surface area contributed by atoms with Gasteiger partial charge in [0.05, 0.1) is 5.56 Å². The lowest BCUT2D eigenvalue weighted by Crippen LogP contribution is -2.38. The van der Waals surface area contributed by atoms with Gasteiger partial charge in [-0.15, -0.1) is 0 Å². The molecule has 1 aromatic carbocycles. The first-order valence-corrected chi connectivity index (χ1v) is 6.62. The van der Waals surface area contributed by atoms with Gasteiger partial charge in [0.1, 0.15) is 5.60 Å². The highest BCUT2D eigenvalue weighted by Gasteiger charge is 2.40. The second-order valence-corrected chi connectivity index (χ2v) is 5.20. The van der Waals surface area contributed by atoms with Crippen molar-refractivity contribution in [1.82, 2.24) is 0 Å². The number of ketones is 1. The third-order valence-electron chi connectivity index (χ3n) is 3.96. The topological polar surface area (TPSA) is 26.3 Å². The van der Waals surface area contributed by atoms with E-state index in [1.54, 1.807) is 0 Å². The summed E-state index contributed by atoms with van der Waals surface area (Å²) in [7, 11) is 1.52. The first kappa shape index (κ1) is 15.0. The molecule has 1 aliphatic carbocycles. The zero-order valence-electron chi connectivity index (χ0n) is 11.3. The van der Waals surface area contributed by atoms with Gasteiger partial charge >= 0.3 is 6.18 Å². The third-order valence-corrected chi connectivity index (χ3v) is 3.96. The minimum Gasteiger partial charge on any atom is -0.370 e. The largest absolute Gasteiger partial charge is 0.416 e. The summed E-state index contributed by atoms with van der Waals surface area (Å²) in [5.41, 5.74) is -0.842. The molecule has 1 saturated carbocycles. The second kappa shape index (κ2) is 5.56. The highest BCUT2D eigenvalue weighted by Crippen LogP contribution is 2.35. The minimum absolute atomic E-state index is 0.0442. The van der Waals surface area contributed by atoms with Gasteiger partial charge in [0.2, 0.25) is 0 Å². The number of ether oxygens (including phenoxy) is 1. The molecule has 1 fully saturated rings. The Labute approximate surface area is 115 Å². The summed E-state index contributed by atoms with van der Waals surface area (Å²) < 4.78 is 42.8. The Hall–Kier alpha value is -1.36. The van der Waals surface area contributed by atoms with Crippen molar-refractivity contribution in [3.8, 4) is 0 Å². The maximum Gasteiger partial charge on any atom is 0.416 e. The van der Waals surface area contributed by atoms with Crippen molar-refractivity contribution in [3.05, 3.63) is 35.4 Å². The van der Waals surface area contributed by atoms with Crippen LogP contribution >= 0.6 is 0 Å². The van der Waals surface area contributed by atoms with Crippen LogP contribution in [0.1, 0.15) is 36.8 Å². The number of rotatable bonds is 4. The van der Waals surface area contributed by atoms with Crippen LogP contribution in [0.25, 0.3) is 0 Å². The Bertz CT molecular complexity index is 471. The zero-order chi connectivity index (χ0) is 14.8. The molecule has 1 aliphatic rings. The Morgan fingerprint density at radius 1 is 1.20 bits per heavy atom. The molecule has 0 aliphatic heterocycles. The van der Waals surface area contributed by atoms with E-state index in [4.69, 9.17) is 4.74 Å². The van der Waals surface area contributed by atoms with E-state index in [0.29, 0.717) is 18.4 Å². The number of methoxy groups -OCH3 is 1. The van der Waals surface area contributed by atoms with Crippen molar-refractivity contribution >= 4 is 5.78 Å². The number of hydrogen-bond acceptors (Lipinski definition) is 2. The van der Waals surface area contributed by atoms with Gasteiger partial charge in [0.15, 0.2) is 5.78 Å². The molecule has 0 saturated heterocycles. The smallest absolute Gasteiger partial charge is 0.370 e. The molecule has 2 nitrogen and oxygen atoms in total. The molecule has 0 radical (unpaired) electrons. The van der Waals surface area contributed by atoms with Gasteiger partial charge in [-0.2, -0.15) is 13.2 Å². The molecular formula is C15H17F3O2. The first-order valence-electron chi connectivity index (χ1n) is 6.62. The number of Topliss-reactive ketones (excluding diaryl/α,β-unsaturated/α-hetero) is 1. The number of benzene rings is 1. The van der Waals surface area contributed by atoms with Crippen LogP contribution < -0.4 is 0 Å². The van der Waals surface area contributed by atoms with Crippen molar-refractivity contribution < 1.29 is 22.7 Å². The van der Waals surface area contributed by atoms with Crippen LogP contribution in [-0.4, -0.2) is 18.5 Å². The number of alkyl halides is 3. The predicted octanol–water partition coefficient (Wildman–Crippen LogP) is 3.78. The fraction of sp³-hybridized carbons (Fsp3) is 0.533. The fourth-order valence-electron chi connectivity index (χ4n) is 2.70. The molecular weight excluding hydrogens is 269 g/mol. The van der Waals surface area contributed by atoms with Crippen LogP contribution in [0.15, 0.2) is 24.3 Å². The van der Waals surface area contributed by atoms with Crippen molar-refractivity contribution in [2.75, 3.05) is 7.11 Å². The van der Waals surface area contributed by atoms with Crippen LogP contribution in [-0.2, 0) is 22.1 Å². The first-order chi connectivity index (χ1) is 9.37. The molecule has 0 N–H and O–H groups in total. The van der Waals surface area contributed by atoms with Gasteiger partial charge < -0.3 is 4.74 Å². The molecule has 110 valence electrons. The molecule has 0 atom stereocenters. The average molecular weight is 286 g/mol. The summed E-state index contributed by atoms with van der Waals surface area (Å²) in [6, 6.07) is 4.74. The quantitative estimate of drug-likeness (QED) is 0.842. The van der Waals surface area contributed by atoms with Crippen molar-refractivity contribution in [2.45, 2.75) is 43.9 Å². The summed E-state index contributed by atoms with van der Waals surface area (Å²) in [6.45, 7) is 0. The average Bonchev–Trinajstić information content (AvgIpc) is 2.88. The van der Waals surface area contributed by atoms with E-state index in [0.717, 1.165) is 25.0 Å². The van der Waals surface area contributed by atoms with Crippen LogP contribution in [0, 0.1) is 0 Å². The van der Waals surface area contributed by atoms with Crippen LogP contribution in [0.2, 0.25) is 0 Å². The lowest BCUT2D eigenvalue weighted by Gasteiger charge is -2.25. The maximum absolute atomic E-state index is 12.5. The van der Waals surface area contributed by atoms with E-state index in [-0.39, 0.29) is 12.2 Å². The maximum atomic E-state index is 12.5. The molecule has 0 bridgehead atoms. The SMILES string of the molecule is COC1(C(=O)Cc2ccc(C(F)(F)F)cc2)CCCC1. The van der Waals surface area contributed by atoms with Gasteiger partial charge in [0.25, 0.3) is 0 Å². The summed E-state index contributed by atoms with van der Waals surface area (Å²) in [6.07, 6.45) is -0.932. The van der Waals surface area contributed by atoms with Crippen LogP contribution in [0.5, 0.6) is 0 Å². The summed E-state index contributed by atoms with van der Waals surface area (Å²) in [5, 5.41) is 0. The van der Waals surface area contributed by atoms with Gasteiger partial charge in [-0.25, -0.2) is 0 Å². The van der Waals surface area contributed by atoms with E-state index in [9.17, 15) is 18.0 Å². The Morgan fingerprint density at radius 3 is 2.20 bits per heavy atom. The molecule has 0 amide bonds. The van der Waals surface area contributed by atoms with E-state index < -0.39 is 17.3 Å². The number of hydrogen-bond donors (Lipinski definition) is 0. The molecule has 1 aromatic rings. The number of carbonyl (C=O) groups excluding carboxylic acids is 1. The standard InChI is InChI=1S/C15H17F3O2/c1-20-14(8-2-3-9-14)13(19)10-11-4-6-12(7-5-11)15(16,17)18/h4-7H,2-3,8-10H2,1H3. The fourth-order valence-corrected chi connectivity index (χ4v) is 2.70. The van der Waals surface area contributed by atoms with Gasteiger partial charge in [-0.1, -0.05) is 12.1 Å². The van der Waals surface area contributed by atoms with Gasteiger partial charge in [0, 0.05) is 13.5 Å². The molecule has 0 spiro atoms. The number of halogens is 3. The summed E-state index contributed by atoms with van der Waals surface area (Å²) in [5.74, 6) is -0.0442. The monoisotopic (exact) mass is 286 g/mol. The van der Waals surface area contributed by atoms with Crippen molar-refractivity contribution in [1.29, 1.82) is 0 Å². The Balaban J connectivity index is 2.08. The predicted molar refractivity (Wildman–Crippen MR) is 68.4 cm³/mol. The van der Waals surface area contributed by atoms with E-state index in [1.807, 2.05) is 0 Å². The molecule has 5 heteroatoms. The molecule has 0 heterocycles. The van der Waals surface area contributed by atoms with Crippen molar-refractivity contribution in [3.63, 3.8) is 0 Å².